The van der Waals surface area contributed by atoms with Crippen LogP contribution in [0.1, 0.15) is 36.9 Å². The fourth-order valence-electron chi connectivity index (χ4n) is 2.85. The molecule has 0 bridgehead atoms. The van der Waals surface area contributed by atoms with Crippen LogP contribution in [0, 0.1) is 0 Å². The fourth-order valence-corrected chi connectivity index (χ4v) is 2.85. The zero-order chi connectivity index (χ0) is 14.4. The highest BCUT2D eigenvalue weighted by Crippen LogP contribution is 2.25. The fraction of sp³-hybridized carbons (Fsp3) is 0.571. The molecule has 1 aromatic rings. The maximum Gasteiger partial charge on any atom is 0.189 e. The Hall–Kier alpha value is -1.66. The average molecular weight is 278 g/mol. The number of hydrogen-bond acceptors (Lipinski definition) is 5. The number of amidine groups is 1. The van der Waals surface area contributed by atoms with Crippen molar-refractivity contribution in [2.45, 2.75) is 38.3 Å². The molecule has 2 rings (SSSR count). The van der Waals surface area contributed by atoms with Crippen molar-refractivity contribution in [1.29, 1.82) is 0 Å². The summed E-state index contributed by atoms with van der Waals surface area (Å²) in [6, 6.07) is 4.28. The molecule has 0 spiro atoms. The van der Waals surface area contributed by atoms with Crippen LogP contribution in [0.15, 0.2) is 23.5 Å². The van der Waals surface area contributed by atoms with E-state index in [2.05, 4.69) is 15.0 Å². The van der Waals surface area contributed by atoms with Gasteiger partial charge in [-0.05, 0) is 24.5 Å². The molecule has 0 radical (unpaired) electrons. The van der Waals surface area contributed by atoms with Crippen molar-refractivity contribution in [3.8, 4) is 0 Å². The maximum atomic E-state index is 9.25. The highest BCUT2D eigenvalue weighted by Gasteiger charge is 2.23. The third-order valence-corrected chi connectivity index (χ3v) is 3.84. The molecule has 0 aromatic carbocycles. The van der Waals surface area contributed by atoms with Crippen molar-refractivity contribution in [3.63, 3.8) is 0 Å². The van der Waals surface area contributed by atoms with E-state index >= 15 is 0 Å². The minimum atomic E-state index is 0.0240. The van der Waals surface area contributed by atoms with Crippen LogP contribution in [0.3, 0.4) is 0 Å². The molecule has 110 valence electrons. The number of pyridine rings is 1. The number of nitrogens with two attached hydrogens (primary N) is 1. The first-order valence-corrected chi connectivity index (χ1v) is 7.03. The molecule has 1 aliphatic carbocycles. The summed E-state index contributed by atoms with van der Waals surface area (Å²) in [5.41, 5.74) is 7.10. The Morgan fingerprint density at radius 3 is 2.85 bits per heavy atom. The van der Waals surface area contributed by atoms with Gasteiger partial charge in [0.2, 0.25) is 0 Å². The van der Waals surface area contributed by atoms with Gasteiger partial charge in [-0.2, -0.15) is 0 Å². The van der Waals surface area contributed by atoms with Gasteiger partial charge < -0.3 is 16.0 Å². The van der Waals surface area contributed by atoms with Gasteiger partial charge >= 0.3 is 0 Å². The molecule has 6 nitrogen and oxygen atoms in total. The van der Waals surface area contributed by atoms with Gasteiger partial charge in [0.05, 0.1) is 6.61 Å². The van der Waals surface area contributed by atoms with Crippen LogP contribution in [0.2, 0.25) is 0 Å². The van der Waals surface area contributed by atoms with Gasteiger partial charge in [0, 0.05) is 25.3 Å². The van der Waals surface area contributed by atoms with Crippen molar-refractivity contribution in [1.82, 2.24) is 9.88 Å². The highest BCUT2D eigenvalue weighted by molar-refractivity contribution is 5.96. The van der Waals surface area contributed by atoms with Crippen LogP contribution < -0.4 is 5.73 Å². The van der Waals surface area contributed by atoms with Gasteiger partial charge in [-0.25, -0.2) is 0 Å². The van der Waals surface area contributed by atoms with Crippen molar-refractivity contribution in [2.75, 3.05) is 13.2 Å². The summed E-state index contributed by atoms with van der Waals surface area (Å²) in [7, 11) is 0. The zero-order valence-corrected chi connectivity index (χ0v) is 11.6. The summed E-state index contributed by atoms with van der Waals surface area (Å²) in [4.78, 5) is 6.45. The van der Waals surface area contributed by atoms with Crippen LogP contribution >= 0.6 is 0 Å². The second-order valence-electron chi connectivity index (χ2n) is 5.13. The van der Waals surface area contributed by atoms with Crippen LogP contribution in [0.5, 0.6) is 0 Å². The van der Waals surface area contributed by atoms with Crippen LogP contribution in [0.25, 0.3) is 0 Å². The summed E-state index contributed by atoms with van der Waals surface area (Å²) < 4.78 is 0. The maximum absolute atomic E-state index is 9.25. The number of aliphatic hydroxyl groups is 1. The SMILES string of the molecule is NC(=NO)c1ncccc1CN(CCO)C1CCCC1. The van der Waals surface area contributed by atoms with E-state index in [0.29, 0.717) is 24.8 Å². The molecule has 1 aromatic heterocycles. The van der Waals surface area contributed by atoms with Crippen LogP contribution in [0.4, 0.5) is 0 Å². The Bertz CT molecular complexity index is 458. The Morgan fingerprint density at radius 2 is 2.20 bits per heavy atom. The summed E-state index contributed by atoms with van der Waals surface area (Å²) in [5.74, 6) is 0.0240. The predicted octanol–water partition coefficient (Wildman–Crippen LogP) is 0.913. The van der Waals surface area contributed by atoms with Gasteiger partial charge in [-0.3, -0.25) is 9.88 Å². The number of nitrogens with zero attached hydrogens (tertiary/aromatic N) is 3. The zero-order valence-electron chi connectivity index (χ0n) is 11.6. The number of hydrogen-bond donors (Lipinski definition) is 3. The molecule has 1 fully saturated rings. The third-order valence-electron chi connectivity index (χ3n) is 3.84. The minimum Gasteiger partial charge on any atom is -0.409 e. The number of aromatic nitrogens is 1. The highest BCUT2D eigenvalue weighted by atomic mass is 16.4. The van der Waals surface area contributed by atoms with E-state index < -0.39 is 0 Å². The van der Waals surface area contributed by atoms with E-state index in [1.807, 2.05) is 12.1 Å². The van der Waals surface area contributed by atoms with Crippen LogP contribution in [-0.2, 0) is 6.54 Å². The minimum absolute atomic E-state index is 0.0240. The number of oxime groups is 1. The second-order valence-corrected chi connectivity index (χ2v) is 5.13. The number of rotatable bonds is 6. The predicted molar refractivity (Wildman–Crippen MR) is 76.5 cm³/mol. The van der Waals surface area contributed by atoms with E-state index in [4.69, 9.17) is 10.9 Å². The first kappa shape index (κ1) is 14.7. The molecule has 6 heteroatoms. The lowest BCUT2D eigenvalue weighted by molar-refractivity contribution is 0.144. The molecule has 20 heavy (non-hydrogen) atoms. The summed E-state index contributed by atoms with van der Waals surface area (Å²) >= 11 is 0. The van der Waals surface area contributed by atoms with Crippen molar-refractivity contribution in [2.24, 2.45) is 10.9 Å². The Labute approximate surface area is 118 Å². The van der Waals surface area contributed by atoms with E-state index in [9.17, 15) is 5.11 Å². The van der Waals surface area contributed by atoms with Gasteiger partial charge in [0.1, 0.15) is 5.69 Å². The Balaban J connectivity index is 2.17. The normalized spacial score (nSPS) is 17.0. The van der Waals surface area contributed by atoms with E-state index in [1.54, 1.807) is 6.20 Å². The largest absolute Gasteiger partial charge is 0.409 e. The second kappa shape index (κ2) is 7.21. The molecule has 1 aliphatic rings. The Morgan fingerprint density at radius 1 is 1.45 bits per heavy atom. The van der Waals surface area contributed by atoms with Crippen molar-refractivity contribution < 1.29 is 10.3 Å². The average Bonchev–Trinajstić information content (AvgIpc) is 3.00. The third kappa shape index (κ3) is 3.46. The van der Waals surface area contributed by atoms with Gasteiger partial charge in [0.15, 0.2) is 5.84 Å². The smallest absolute Gasteiger partial charge is 0.189 e. The standard InChI is InChI=1S/C14H22N4O2/c15-14(17-20)13-11(4-3-7-16-13)10-18(8-9-19)12-5-1-2-6-12/h3-4,7,12,19-20H,1-2,5-6,8-10H2,(H2,15,17). The van der Waals surface area contributed by atoms with E-state index in [-0.39, 0.29) is 12.4 Å². The molecule has 1 heterocycles. The molecule has 0 amide bonds. The summed E-state index contributed by atoms with van der Waals surface area (Å²) in [6.45, 7) is 1.43. The summed E-state index contributed by atoms with van der Waals surface area (Å²) in [6.07, 6.45) is 6.45. The molecule has 0 aliphatic heterocycles. The van der Waals surface area contributed by atoms with E-state index in [1.165, 1.54) is 25.7 Å². The quantitative estimate of drug-likeness (QED) is 0.311. The molecule has 4 N–H and O–H groups in total. The summed E-state index contributed by atoms with van der Waals surface area (Å²) in [5, 5.41) is 21.1. The van der Waals surface area contributed by atoms with Gasteiger partial charge in [-0.15, -0.1) is 0 Å². The van der Waals surface area contributed by atoms with Crippen LogP contribution in [-0.4, -0.2) is 45.2 Å². The molecular weight excluding hydrogens is 256 g/mol. The lowest BCUT2D eigenvalue weighted by Gasteiger charge is -2.28. The molecular formula is C14H22N4O2. The molecule has 0 atom stereocenters. The molecule has 0 saturated heterocycles. The topological polar surface area (TPSA) is 95.0 Å². The lowest BCUT2D eigenvalue weighted by atomic mass is 10.1. The van der Waals surface area contributed by atoms with E-state index in [0.717, 1.165) is 5.56 Å². The van der Waals surface area contributed by atoms with Crippen molar-refractivity contribution in [3.05, 3.63) is 29.6 Å². The van der Waals surface area contributed by atoms with Crippen molar-refractivity contribution >= 4 is 5.84 Å². The molecule has 1 saturated carbocycles. The number of aliphatic hydroxyl groups excluding tert-OH is 1. The molecule has 0 unspecified atom stereocenters. The lowest BCUT2D eigenvalue weighted by Crippen LogP contribution is -2.36. The first-order chi connectivity index (χ1) is 9.76. The monoisotopic (exact) mass is 278 g/mol. The first-order valence-electron chi connectivity index (χ1n) is 7.03. The Kier molecular flexibility index (Phi) is 5.31. The van der Waals surface area contributed by atoms with Gasteiger partial charge in [0.25, 0.3) is 0 Å². The van der Waals surface area contributed by atoms with Gasteiger partial charge in [-0.1, -0.05) is 24.1 Å².